The number of nitrogens with one attached hydrogen (secondary N) is 1. The Morgan fingerprint density at radius 2 is 1.37 bits per heavy atom. The Kier molecular flexibility index (Phi) is 2.56. The Balaban J connectivity index is 2.26. The number of carbonyl (C=O) groups is 1. The quantitative estimate of drug-likeness (QED) is 0.846. The van der Waals surface area contributed by atoms with Gasteiger partial charge >= 0.3 is 0 Å². The summed E-state index contributed by atoms with van der Waals surface area (Å²) >= 11 is 0. The highest BCUT2D eigenvalue weighted by atomic mass is 16.2. The monoisotopic (exact) mass is 251 g/mol. The van der Waals surface area contributed by atoms with Gasteiger partial charge in [0.15, 0.2) is 11.5 Å². The lowest BCUT2D eigenvalue weighted by molar-refractivity contribution is -0.122. The van der Waals surface area contributed by atoms with E-state index in [9.17, 15) is 4.79 Å². The van der Waals surface area contributed by atoms with Crippen molar-refractivity contribution in [2.24, 2.45) is 10.7 Å². The molecule has 0 atom stereocenters. The van der Waals surface area contributed by atoms with Crippen LogP contribution in [0.3, 0.4) is 0 Å². The number of rotatable bonds is 2. The van der Waals surface area contributed by atoms with E-state index in [2.05, 4.69) is 10.3 Å². The van der Waals surface area contributed by atoms with Crippen LogP contribution in [-0.2, 0) is 10.3 Å². The third kappa shape index (κ3) is 1.69. The lowest BCUT2D eigenvalue weighted by Gasteiger charge is -2.24. The fraction of sp³-hybridized carbons (Fsp3) is 0.0667. The molecular weight excluding hydrogens is 238 g/mol. The average Bonchev–Trinajstić information content (AvgIpc) is 2.76. The summed E-state index contributed by atoms with van der Waals surface area (Å²) in [6, 6.07) is 18.9. The number of hydrogen-bond donors (Lipinski definition) is 2. The van der Waals surface area contributed by atoms with Crippen LogP contribution in [0.25, 0.3) is 0 Å². The Morgan fingerprint density at radius 1 is 0.895 bits per heavy atom. The first-order valence-corrected chi connectivity index (χ1v) is 6.01. The summed E-state index contributed by atoms with van der Waals surface area (Å²) < 4.78 is 0. The Bertz CT molecular complexity index is 595. The van der Waals surface area contributed by atoms with E-state index in [4.69, 9.17) is 5.73 Å². The first-order chi connectivity index (χ1) is 9.23. The highest BCUT2D eigenvalue weighted by molar-refractivity contribution is 6.09. The van der Waals surface area contributed by atoms with Gasteiger partial charge in [-0.1, -0.05) is 60.7 Å². The van der Waals surface area contributed by atoms with Crippen molar-refractivity contribution in [2.75, 3.05) is 0 Å². The second kappa shape index (κ2) is 4.24. The molecule has 0 saturated heterocycles. The van der Waals surface area contributed by atoms with E-state index in [0.717, 1.165) is 11.1 Å². The molecule has 0 spiro atoms. The molecule has 19 heavy (non-hydrogen) atoms. The molecular formula is C15H13N3O. The van der Waals surface area contributed by atoms with Gasteiger partial charge in [0, 0.05) is 0 Å². The summed E-state index contributed by atoms with van der Waals surface area (Å²) in [6.07, 6.45) is 0. The van der Waals surface area contributed by atoms with Crippen LogP contribution in [0.5, 0.6) is 0 Å². The molecule has 0 aromatic heterocycles. The minimum atomic E-state index is -1.08. The van der Waals surface area contributed by atoms with Gasteiger partial charge in [-0.25, -0.2) is 4.99 Å². The largest absolute Gasteiger partial charge is 0.370 e. The van der Waals surface area contributed by atoms with Gasteiger partial charge in [-0.15, -0.1) is 0 Å². The van der Waals surface area contributed by atoms with E-state index in [0.29, 0.717) is 0 Å². The average molecular weight is 251 g/mol. The zero-order valence-corrected chi connectivity index (χ0v) is 10.2. The predicted octanol–water partition coefficient (Wildman–Crippen LogP) is 1.37. The fourth-order valence-electron chi connectivity index (χ4n) is 2.38. The number of carbonyl (C=O) groups excluding carboxylic acids is 1. The van der Waals surface area contributed by atoms with Crippen molar-refractivity contribution in [3.63, 3.8) is 0 Å². The highest BCUT2D eigenvalue weighted by Crippen LogP contribution is 2.36. The van der Waals surface area contributed by atoms with Crippen LogP contribution in [0.15, 0.2) is 65.7 Å². The smallest absolute Gasteiger partial charge is 0.263 e. The van der Waals surface area contributed by atoms with Crippen molar-refractivity contribution in [3.8, 4) is 0 Å². The van der Waals surface area contributed by atoms with E-state index in [-0.39, 0.29) is 11.9 Å². The lowest BCUT2D eigenvalue weighted by atomic mass is 9.83. The van der Waals surface area contributed by atoms with E-state index in [1.807, 2.05) is 60.7 Å². The maximum atomic E-state index is 12.4. The van der Waals surface area contributed by atoms with Crippen LogP contribution < -0.4 is 11.1 Å². The Labute approximate surface area is 111 Å². The minimum Gasteiger partial charge on any atom is -0.370 e. The molecule has 1 heterocycles. The molecule has 3 N–H and O–H groups in total. The van der Waals surface area contributed by atoms with Gasteiger partial charge in [0.25, 0.3) is 5.91 Å². The summed E-state index contributed by atoms with van der Waals surface area (Å²) in [7, 11) is 0. The van der Waals surface area contributed by atoms with Gasteiger partial charge in [-0.2, -0.15) is 0 Å². The molecule has 2 aromatic carbocycles. The first kappa shape index (κ1) is 11.5. The number of hydrogen-bond acceptors (Lipinski definition) is 3. The molecule has 0 radical (unpaired) electrons. The number of benzene rings is 2. The minimum absolute atomic E-state index is 0.151. The van der Waals surface area contributed by atoms with Crippen LogP contribution in [0.4, 0.5) is 0 Å². The van der Waals surface area contributed by atoms with Gasteiger partial charge in [-0.3, -0.25) is 10.1 Å². The Hall–Kier alpha value is -2.62. The van der Waals surface area contributed by atoms with Crippen molar-refractivity contribution in [1.82, 2.24) is 5.32 Å². The van der Waals surface area contributed by atoms with Crippen molar-refractivity contribution in [2.45, 2.75) is 5.54 Å². The second-order valence-corrected chi connectivity index (χ2v) is 4.39. The standard InChI is InChI=1S/C15H13N3O/c16-14-17-13(19)15(18-14,11-7-3-1-4-8-11)12-9-5-2-6-10-12/h1-10H,(H3,16,17,18,19). The molecule has 1 aliphatic heterocycles. The molecule has 0 saturated carbocycles. The number of aliphatic imine (C=N–C) groups is 1. The van der Waals surface area contributed by atoms with Crippen LogP contribution in [0.2, 0.25) is 0 Å². The molecule has 1 aliphatic rings. The van der Waals surface area contributed by atoms with Crippen LogP contribution >= 0.6 is 0 Å². The summed E-state index contributed by atoms with van der Waals surface area (Å²) in [5, 5.41) is 2.59. The van der Waals surface area contributed by atoms with Gasteiger partial charge in [0.1, 0.15) is 0 Å². The van der Waals surface area contributed by atoms with Gasteiger partial charge < -0.3 is 5.73 Å². The van der Waals surface area contributed by atoms with Gasteiger partial charge in [0.2, 0.25) is 0 Å². The van der Waals surface area contributed by atoms with Crippen molar-refractivity contribution < 1.29 is 4.79 Å². The normalized spacial score (nSPS) is 16.8. The van der Waals surface area contributed by atoms with Crippen molar-refractivity contribution in [1.29, 1.82) is 0 Å². The van der Waals surface area contributed by atoms with Crippen LogP contribution in [0, 0.1) is 0 Å². The summed E-state index contributed by atoms with van der Waals surface area (Å²) in [6.45, 7) is 0. The molecule has 1 amide bonds. The topological polar surface area (TPSA) is 67.5 Å². The summed E-state index contributed by atoms with van der Waals surface area (Å²) in [5.41, 5.74) is 6.23. The van der Waals surface area contributed by atoms with Gasteiger partial charge in [-0.05, 0) is 11.1 Å². The third-order valence-corrected chi connectivity index (χ3v) is 3.24. The molecule has 94 valence electrons. The number of guanidine groups is 1. The second-order valence-electron chi connectivity index (χ2n) is 4.39. The molecule has 4 heteroatoms. The van der Waals surface area contributed by atoms with Gasteiger partial charge in [0.05, 0.1) is 0 Å². The van der Waals surface area contributed by atoms with E-state index >= 15 is 0 Å². The molecule has 0 bridgehead atoms. The zero-order valence-electron chi connectivity index (χ0n) is 10.2. The SMILES string of the molecule is NC1=NC(c2ccccc2)(c2ccccc2)C(=O)N1. The molecule has 2 aromatic rings. The number of nitrogens with zero attached hydrogens (tertiary/aromatic N) is 1. The summed E-state index contributed by atoms with van der Waals surface area (Å²) in [4.78, 5) is 16.8. The van der Waals surface area contributed by atoms with E-state index < -0.39 is 5.54 Å². The highest BCUT2D eigenvalue weighted by Gasteiger charge is 2.46. The maximum Gasteiger partial charge on any atom is 0.263 e. The fourth-order valence-corrected chi connectivity index (χ4v) is 2.38. The van der Waals surface area contributed by atoms with Crippen molar-refractivity contribution in [3.05, 3.63) is 71.8 Å². The molecule has 0 fully saturated rings. The van der Waals surface area contributed by atoms with E-state index in [1.165, 1.54) is 0 Å². The Morgan fingerprint density at radius 3 is 1.74 bits per heavy atom. The first-order valence-electron chi connectivity index (χ1n) is 6.01. The maximum absolute atomic E-state index is 12.4. The molecule has 4 nitrogen and oxygen atoms in total. The zero-order chi connectivity index (χ0) is 13.3. The molecule has 3 rings (SSSR count). The number of nitrogens with two attached hydrogens (primary N) is 1. The summed E-state index contributed by atoms with van der Waals surface area (Å²) in [5.74, 6) is -0.0693. The van der Waals surface area contributed by atoms with Crippen LogP contribution in [-0.4, -0.2) is 11.9 Å². The molecule has 0 aliphatic carbocycles. The lowest BCUT2D eigenvalue weighted by Crippen LogP contribution is -2.39. The van der Waals surface area contributed by atoms with E-state index in [1.54, 1.807) is 0 Å². The third-order valence-electron chi connectivity index (χ3n) is 3.24. The molecule has 0 unspecified atom stereocenters. The van der Waals surface area contributed by atoms with Crippen molar-refractivity contribution >= 4 is 11.9 Å². The predicted molar refractivity (Wildman–Crippen MR) is 73.4 cm³/mol. The van der Waals surface area contributed by atoms with Crippen LogP contribution in [0.1, 0.15) is 11.1 Å². The number of amides is 1.